The molecule has 0 heterocycles. The highest BCUT2D eigenvalue weighted by atomic mass is 35.5. The summed E-state index contributed by atoms with van der Waals surface area (Å²) in [5, 5.41) is 0.114. The zero-order chi connectivity index (χ0) is 14.8. The molecule has 2 aromatic rings. The van der Waals surface area contributed by atoms with Gasteiger partial charge < -0.3 is 0 Å². The molecule has 2 nitrogen and oxygen atoms in total. The molecule has 1 aliphatic carbocycles. The van der Waals surface area contributed by atoms with Crippen LogP contribution in [0.15, 0.2) is 42.5 Å². The molecule has 4 heteroatoms. The van der Waals surface area contributed by atoms with Gasteiger partial charge in [0.2, 0.25) is 0 Å². The van der Waals surface area contributed by atoms with Gasteiger partial charge in [-0.05, 0) is 47.6 Å². The Morgan fingerprint density at radius 1 is 1.14 bits per heavy atom. The number of nitrogens with one attached hydrogen (secondary N) is 1. The zero-order valence-electron chi connectivity index (χ0n) is 11.7. The molecule has 0 spiro atoms. The Morgan fingerprint density at radius 3 is 2.52 bits per heavy atom. The summed E-state index contributed by atoms with van der Waals surface area (Å²) < 4.78 is 13.3. The van der Waals surface area contributed by atoms with Gasteiger partial charge in [0.15, 0.2) is 0 Å². The van der Waals surface area contributed by atoms with Crippen molar-refractivity contribution in [2.75, 3.05) is 0 Å². The second kappa shape index (κ2) is 6.14. The maximum Gasteiger partial charge on any atom is 0.141 e. The van der Waals surface area contributed by atoms with Gasteiger partial charge >= 0.3 is 0 Å². The van der Waals surface area contributed by atoms with E-state index in [1.165, 1.54) is 30.9 Å². The molecule has 0 aliphatic heterocycles. The van der Waals surface area contributed by atoms with Crippen LogP contribution in [0.25, 0.3) is 0 Å². The molecule has 1 unspecified atom stereocenters. The van der Waals surface area contributed by atoms with Crippen LogP contribution in [-0.4, -0.2) is 0 Å². The van der Waals surface area contributed by atoms with E-state index in [0.29, 0.717) is 5.92 Å². The number of rotatable bonds is 4. The van der Waals surface area contributed by atoms with Crippen molar-refractivity contribution in [3.63, 3.8) is 0 Å². The second-order valence-electron chi connectivity index (χ2n) is 5.57. The lowest BCUT2D eigenvalue weighted by atomic mass is 9.79. The third-order valence-electron chi connectivity index (χ3n) is 4.26. The Kier molecular flexibility index (Phi) is 4.24. The van der Waals surface area contributed by atoms with E-state index >= 15 is 0 Å². The number of hydrogen-bond donors (Lipinski definition) is 2. The lowest BCUT2D eigenvalue weighted by molar-refractivity contribution is 0.419. The average Bonchev–Trinajstić information content (AvgIpc) is 2.42. The van der Waals surface area contributed by atoms with E-state index in [4.69, 9.17) is 17.4 Å². The summed E-state index contributed by atoms with van der Waals surface area (Å²) in [6.07, 6.45) is 3.82. The first-order chi connectivity index (χ1) is 10.2. The number of nitrogens with two attached hydrogens (primary N) is 1. The molecule has 0 saturated heterocycles. The first kappa shape index (κ1) is 14.5. The lowest BCUT2D eigenvalue weighted by Gasteiger charge is -2.27. The standard InChI is InChI=1S/C17H18ClFN2/c18-15-10-14(7-8-16(15)19)17(21-20)13-6-2-5-12(9-13)11-3-1-4-11/h2,5-11,17,21H,1,3-4,20H2. The van der Waals surface area contributed by atoms with E-state index in [0.717, 1.165) is 11.1 Å². The smallest absolute Gasteiger partial charge is 0.141 e. The third kappa shape index (κ3) is 2.95. The molecule has 2 aromatic carbocycles. The van der Waals surface area contributed by atoms with Gasteiger partial charge in [0.05, 0.1) is 11.1 Å². The van der Waals surface area contributed by atoms with Crippen molar-refractivity contribution in [2.24, 2.45) is 5.84 Å². The number of halogens is 2. The fourth-order valence-electron chi connectivity index (χ4n) is 2.81. The van der Waals surface area contributed by atoms with Gasteiger partial charge in [-0.15, -0.1) is 0 Å². The summed E-state index contributed by atoms with van der Waals surface area (Å²) >= 11 is 5.87. The van der Waals surface area contributed by atoms with E-state index in [-0.39, 0.29) is 11.1 Å². The highest BCUT2D eigenvalue weighted by molar-refractivity contribution is 6.30. The first-order valence-corrected chi connectivity index (χ1v) is 7.58. The van der Waals surface area contributed by atoms with Crippen LogP contribution in [0.5, 0.6) is 0 Å². The Hall–Kier alpha value is -1.42. The largest absolute Gasteiger partial charge is 0.271 e. The van der Waals surface area contributed by atoms with Gasteiger partial charge in [-0.25, -0.2) is 9.82 Å². The van der Waals surface area contributed by atoms with Crippen molar-refractivity contribution in [1.29, 1.82) is 0 Å². The SMILES string of the molecule is NNC(c1cccc(C2CCC2)c1)c1ccc(F)c(Cl)c1. The minimum atomic E-state index is -0.417. The van der Waals surface area contributed by atoms with Crippen LogP contribution in [0.4, 0.5) is 4.39 Å². The van der Waals surface area contributed by atoms with Crippen LogP contribution >= 0.6 is 11.6 Å². The molecule has 3 rings (SSSR count). The molecule has 110 valence electrons. The van der Waals surface area contributed by atoms with E-state index in [2.05, 4.69) is 23.6 Å². The second-order valence-corrected chi connectivity index (χ2v) is 5.98. The maximum absolute atomic E-state index is 13.3. The minimum Gasteiger partial charge on any atom is -0.271 e. The third-order valence-corrected chi connectivity index (χ3v) is 4.55. The molecule has 1 aliphatic rings. The van der Waals surface area contributed by atoms with Gasteiger partial charge in [0, 0.05) is 0 Å². The first-order valence-electron chi connectivity index (χ1n) is 7.20. The average molecular weight is 305 g/mol. The highest BCUT2D eigenvalue weighted by Gasteiger charge is 2.21. The van der Waals surface area contributed by atoms with Crippen LogP contribution in [0.3, 0.4) is 0 Å². The maximum atomic E-state index is 13.3. The molecule has 0 amide bonds. The minimum absolute atomic E-state index is 0.114. The molecule has 1 fully saturated rings. The molecule has 21 heavy (non-hydrogen) atoms. The number of hydrogen-bond acceptors (Lipinski definition) is 2. The topological polar surface area (TPSA) is 38.0 Å². The number of benzene rings is 2. The zero-order valence-corrected chi connectivity index (χ0v) is 12.4. The van der Waals surface area contributed by atoms with Crippen molar-refractivity contribution in [1.82, 2.24) is 5.43 Å². The predicted molar refractivity (Wildman–Crippen MR) is 83.6 cm³/mol. The summed E-state index contributed by atoms with van der Waals surface area (Å²) in [7, 11) is 0. The van der Waals surface area contributed by atoms with Crippen molar-refractivity contribution in [2.45, 2.75) is 31.2 Å². The van der Waals surface area contributed by atoms with Crippen LogP contribution in [0, 0.1) is 5.82 Å². The van der Waals surface area contributed by atoms with Gasteiger partial charge in [-0.2, -0.15) is 0 Å². The van der Waals surface area contributed by atoms with Crippen LogP contribution < -0.4 is 11.3 Å². The fourth-order valence-corrected chi connectivity index (χ4v) is 3.00. The molecule has 0 aromatic heterocycles. The van der Waals surface area contributed by atoms with E-state index in [1.807, 2.05) is 6.07 Å². The van der Waals surface area contributed by atoms with E-state index in [9.17, 15) is 4.39 Å². The van der Waals surface area contributed by atoms with E-state index in [1.54, 1.807) is 12.1 Å². The summed E-state index contributed by atoms with van der Waals surface area (Å²) in [4.78, 5) is 0. The predicted octanol–water partition coefficient (Wildman–Crippen LogP) is 4.30. The molecular weight excluding hydrogens is 287 g/mol. The summed E-state index contributed by atoms with van der Waals surface area (Å²) in [6.45, 7) is 0. The van der Waals surface area contributed by atoms with Crippen LogP contribution in [0.2, 0.25) is 5.02 Å². The summed E-state index contributed by atoms with van der Waals surface area (Å²) in [5.74, 6) is 5.96. The van der Waals surface area contributed by atoms with Crippen LogP contribution in [0.1, 0.15) is 47.9 Å². The van der Waals surface area contributed by atoms with Gasteiger partial charge in [-0.1, -0.05) is 48.4 Å². The van der Waals surface area contributed by atoms with Crippen molar-refractivity contribution >= 4 is 11.6 Å². The molecule has 0 bridgehead atoms. The lowest BCUT2D eigenvalue weighted by Crippen LogP contribution is -2.29. The van der Waals surface area contributed by atoms with Crippen molar-refractivity contribution in [3.05, 3.63) is 70.0 Å². The summed E-state index contributed by atoms with van der Waals surface area (Å²) in [5.41, 5.74) is 6.09. The Balaban J connectivity index is 1.93. The van der Waals surface area contributed by atoms with Gasteiger partial charge in [-0.3, -0.25) is 5.84 Å². The quantitative estimate of drug-likeness (QED) is 0.653. The Bertz CT molecular complexity index is 640. The molecule has 3 N–H and O–H groups in total. The van der Waals surface area contributed by atoms with E-state index < -0.39 is 5.82 Å². The van der Waals surface area contributed by atoms with Crippen molar-refractivity contribution < 1.29 is 4.39 Å². The number of hydrazine groups is 1. The normalized spacial score (nSPS) is 16.5. The molecule has 0 radical (unpaired) electrons. The highest BCUT2D eigenvalue weighted by Crippen LogP contribution is 2.37. The van der Waals surface area contributed by atoms with Crippen LogP contribution in [-0.2, 0) is 0 Å². The molecule has 1 atom stereocenters. The van der Waals surface area contributed by atoms with Gasteiger partial charge in [0.1, 0.15) is 5.82 Å². The fraction of sp³-hybridized carbons (Fsp3) is 0.294. The molecular formula is C17H18ClFN2. The van der Waals surface area contributed by atoms with Crippen molar-refractivity contribution in [3.8, 4) is 0 Å². The molecule has 1 saturated carbocycles. The Morgan fingerprint density at radius 2 is 1.90 bits per heavy atom. The monoisotopic (exact) mass is 304 g/mol. The van der Waals surface area contributed by atoms with Gasteiger partial charge in [0.25, 0.3) is 0 Å². The summed E-state index contributed by atoms with van der Waals surface area (Å²) in [6, 6.07) is 13.0. The Labute approximate surface area is 129 Å².